The third-order valence-electron chi connectivity index (χ3n) is 11.1. The molecule has 12 aromatic rings. The third-order valence-corrected chi connectivity index (χ3v) is 11.1. The first kappa shape index (κ1) is 31.5. The molecule has 4 aromatic heterocycles. The molecule has 0 fully saturated rings. The summed E-state index contributed by atoms with van der Waals surface area (Å²) >= 11 is 0. The molecule has 6 nitrogen and oxygen atoms in total. The van der Waals surface area contributed by atoms with Crippen molar-refractivity contribution in [2.24, 2.45) is 0 Å². The normalized spacial score (nSPS) is 11.9. The Morgan fingerprint density at radius 3 is 1.72 bits per heavy atom. The average Bonchev–Trinajstić information content (AvgIpc) is 3.96. The Balaban J connectivity index is 1.04. The summed E-state index contributed by atoms with van der Waals surface area (Å²) in [6.45, 7) is 0. The van der Waals surface area contributed by atoms with Crippen LogP contribution in [0, 0.1) is 0 Å². The fraction of sp³-hybridized carbons (Fsp3) is 0. The number of aromatic nitrogens is 4. The van der Waals surface area contributed by atoms with Crippen LogP contribution in [0.1, 0.15) is 0 Å². The molecule has 0 saturated heterocycles. The molecule has 0 aliphatic rings. The lowest BCUT2D eigenvalue weighted by atomic mass is 10.0. The van der Waals surface area contributed by atoms with Crippen molar-refractivity contribution in [3.05, 3.63) is 182 Å². The molecule has 0 saturated carbocycles. The van der Waals surface area contributed by atoms with E-state index in [0.717, 1.165) is 99.2 Å². The molecule has 266 valence electrons. The molecule has 0 spiro atoms. The van der Waals surface area contributed by atoms with Gasteiger partial charge in [0.25, 0.3) is 0 Å². The van der Waals surface area contributed by atoms with Gasteiger partial charge in [0.1, 0.15) is 16.7 Å². The number of fused-ring (bicyclic) bond motifs is 10. The quantitative estimate of drug-likeness (QED) is 0.176. The summed E-state index contributed by atoms with van der Waals surface area (Å²) < 4.78 is 15.7. The van der Waals surface area contributed by atoms with E-state index in [9.17, 15) is 0 Å². The molecule has 0 atom stereocenters. The molecule has 4 heterocycles. The van der Waals surface area contributed by atoms with Crippen LogP contribution in [-0.2, 0) is 0 Å². The van der Waals surface area contributed by atoms with Crippen LogP contribution in [0.3, 0.4) is 0 Å². The Morgan fingerprint density at radius 1 is 0.333 bits per heavy atom. The van der Waals surface area contributed by atoms with Crippen molar-refractivity contribution in [3.63, 3.8) is 0 Å². The Labute approximate surface area is 325 Å². The smallest absolute Gasteiger partial charge is 0.164 e. The van der Waals surface area contributed by atoms with Gasteiger partial charge in [-0.3, -0.25) is 0 Å². The molecule has 0 amide bonds. The molecule has 8 aromatic carbocycles. The van der Waals surface area contributed by atoms with Crippen LogP contribution in [0.15, 0.2) is 191 Å². The fourth-order valence-electron chi connectivity index (χ4n) is 8.41. The first-order valence-electron chi connectivity index (χ1n) is 19.0. The van der Waals surface area contributed by atoms with Gasteiger partial charge in [-0.2, -0.15) is 0 Å². The standard InChI is InChI=1S/C51H30N4O2/c1-3-13-31(14-4-1)33-17-11-18-34(29-33)50-52-49(32-15-5-2-6-16-32)53-51(54-50)35-25-26-37-38-21-12-23-43(47(38)57-45(37)30-35)55-41-22-9-7-20-40(41)46-42(55)28-27-39-36-19-8-10-24-44(36)56-48(39)46/h1-30H. The second-order valence-electron chi connectivity index (χ2n) is 14.4. The summed E-state index contributed by atoms with van der Waals surface area (Å²) in [4.78, 5) is 15.1. The van der Waals surface area contributed by atoms with E-state index >= 15 is 0 Å². The highest BCUT2D eigenvalue weighted by Gasteiger charge is 2.22. The molecule has 0 unspecified atom stereocenters. The number of hydrogen-bond acceptors (Lipinski definition) is 5. The van der Waals surface area contributed by atoms with Crippen molar-refractivity contribution < 1.29 is 8.83 Å². The molecule has 57 heavy (non-hydrogen) atoms. The van der Waals surface area contributed by atoms with Crippen LogP contribution in [0.2, 0.25) is 0 Å². The van der Waals surface area contributed by atoms with E-state index in [-0.39, 0.29) is 0 Å². The number of nitrogens with zero attached hydrogens (tertiary/aromatic N) is 4. The van der Waals surface area contributed by atoms with Gasteiger partial charge in [-0.05, 0) is 59.7 Å². The van der Waals surface area contributed by atoms with Crippen LogP contribution >= 0.6 is 0 Å². The second-order valence-corrected chi connectivity index (χ2v) is 14.4. The zero-order valence-electron chi connectivity index (χ0n) is 30.4. The average molecular weight is 731 g/mol. The highest BCUT2D eigenvalue weighted by atomic mass is 16.3. The fourth-order valence-corrected chi connectivity index (χ4v) is 8.41. The second kappa shape index (κ2) is 12.3. The maximum atomic E-state index is 6.88. The molecule has 0 bridgehead atoms. The highest BCUT2D eigenvalue weighted by Crippen LogP contribution is 2.43. The van der Waals surface area contributed by atoms with E-state index < -0.39 is 0 Å². The summed E-state index contributed by atoms with van der Waals surface area (Å²) in [7, 11) is 0. The molecular formula is C51H30N4O2. The van der Waals surface area contributed by atoms with Gasteiger partial charge >= 0.3 is 0 Å². The summed E-state index contributed by atoms with van der Waals surface area (Å²) in [5.41, 5.74) is 11.3. The summed E-state index contributed by atoms with van der Waals surface area (Å²) in [5, 5.41) is 6.48. The molecule has 0 radical (unpaired) electrons. The van der Waals surface area contributed by atoms with Crippen LogP contribution in [-0.4, -0.2) is 19.5 Å². The largest absolute Gasteiger partial charge is 0.455 e. The monoisotopic (exact) mass is 730 g/mol. The third kappa shape index (κ3) is 4.94. The van der Waals surface area contributed by atoms with E-state index in [2.05, 4.69) is 138 Å². The van der Waals surface area contributed by atoms with E-state index in [1.54, 1.807) is 0 Å². The van der Waals surface area contributed by atoms with E-state index in [4.69, 9.17) is 23.8 Å². The van der Waals surface area contributed by atoms with Crippen LogP contribution in [0.5, 0.6) is 0 Å². The van der Waals surface area contributed by atoms with Gasteiger partial charge in [0.2, 0.25) is 0 Å². The van der Waals surface area contributed by atoms with Gasteiger partial charge < -0.3 is 13.4 Å². The van der Waals surface area contributed by atoms with Crippen molar-refractivity contribution >= 4 is 65.7 Å². The summed E-state index contributed by atoms with van der Waals surface area (Å²) in [6.07, 6.45) is 0. The van der Waals surface area contributed by atoms with Gasteiger partial charge in [-0.15, -0.1) is 0 Å². The summed E-state index contributed by atoms with van der Waals surface area (Å²) in [5.74, 6) is 1.79. The Hall–Kier alpha value is -7.83. The van der Waals surface area contributed by atoms with Crippen LogP contribution in [0.25, 0.3) is 117 Å². The predicted molar refractivity (Wildman–Crippen MR) is 230 cm³/mol. The first-order valence-corrected chi connectivity index (χ1v) is 19.0. The van der Waals surface area contributed by atoms with Crippen molar-refractivity contribution in [2.75, 3.05) is 0 Å². The number of hydrogen-bond donors (Lipinski definition) is 0. The van der Waals surface area contributed by atoms with Gasteiger partial charge in [0, 0.05) is 43.6 Å². The van der Waals surface area contributed by atoms with Crippen LogP contribution in [0.4, 0.5) is 0 Å². The minimum Gasteiger partial charge on any atom is -0.455 e. The van der Waals surface area contributed by atoms with Gasteiger partial charge in [-0.25, -0.2) is 15.0 Å². The Kier molecular flexibility index (Phi) is 6.83. The van der Waals surface area contributed by atoms with E-state index in [1.165, 1.54) is 0 Å². The zero-order chi connectivity index (χ0) is 37.5. The Morgan fingerprint density at radius 2 is 0.895 bits per heavy atom. The topological polar surface area (TPSA) is 69.9 Å². The molecule has 6 heteroatoms. The lowest BCUT2D eigenvalue weighted by Gasteiger charge is -2.09. The first-order chi connectivity index (χ1) is 28.2. The maximum Gasteiger partial charge on any atom is 0.164 e. The number of para-hydroxylation sites is 3. The van der Waals surface area contributed by atoms with Crippen molar-refractivity contribution in [2.45, 2.75) is 0 Å². The van der Waals surface area contributed by atoms with Gasteiger partial charge in [-0.1, -0.05) is 133 Å². The van der Waals surface area contributed by atoms with Gasteiger partial charge in [0.05, 0.1) is 22.1 Å². The minimum atomic E-state index is 0.573. The Bertz CT molecular complexity index is 3530. The molecule has 0 aliphatic carbocycles. The highest BCUT2D eigenvalue weighted by molar-refractivity contribution is 6.24. The number of rotatable bonds is 5. The molecular weight excluding hydrogens is 701 g/mol. The van der Waals surface area contributed by atoms with Gasteiger partial charge in [0.15, 0.2) is 23.1 Å². The van der Waals surface area contributed by atoms with Crippen molar-refractivity contribution in [3.8, 4) is 51.0 Å². The van der Waals surface area contributed by atoms with E-state index in [1.807, 2.05) is 48.5 Å². The maximum absolute atomic E-state index is 6.88. The molecule has 0 aliphatic heterocycles. The van der Waals surface area contributed by atoms with Crippen molar-refractivity contribution in [1.82, 2.24) is 19.5 Å². The zero-order valence-corrected chi connectivity index (χ0v) is 30.4. The van der Waals surface area contributed by atoms with Crippen molar-refractivity contribution in [1.29, 1.82) is 0 Å². The molecule has 0 N–H and O–H groups in total. The summed E-state index contributed by atoms with van der Waals surface area (Å²) in [6, 6.07) is 62.5. The number of furan rings is 2. The number of benzene rings is 8. The lowest BCUT2D eigenvalue weighted by molar-refractivity contribution is 0.666. The lowest BCUT2D eigenvalue weighted by Crippen LogP contribution is -2.00. The predicted octanol–water partition coefficient (Wildman–Crippen LogP) is 13.4. The SMILES string of the molecule is c1ccc(-c2cccc(-c3nc(-c4ccccc4)nc(-c4ccc5c(c4)oc4c(-n6c7ccccc7c7c8oc9ccccc9c8ccc76)cccc45)n3)c2)cc1. The van der Waals surface area contributed by atoms with Crippen LogP contribution < -0.4 is 0 Å². The van der Waals surface area contributed by atoms with E-state index in [0.29, 0.717) is 17.5 Å². The minimum absolute atomic E-state index is 0.573. The molecule has 12 rings (SSSR count).